The summed E-state index contributed by atoms with van der Waals surface area (Å²) < 4.78 is 34.7. The highest BCUT2D eigenvalue weighted by atomic mass is 31.2. The van der Waals surface area contributed by atoms with Gasteiger partial charge >= 0.3 is 13.8 Å². The van der Waals surface area contributed by atoms with Gasteiger partial charge in [0.15, 0.2) is 6.10 Å². The molecule has 0 amide bonds. The number of hydrogen-bond donors (Lipinski definition) is 1. The van der Waals surface area contributed by atoms with Crippen LogP contribution < -0.4 is 0 Å². The third kappa shape index (κ3) is 41.6. The smallest absolute Gasteiger partial charge is 0.472 e. The standard InChI is InChI=1S/C44H84NO7P/c1-6-8-10-12-14-16-18-20-22-24-26-28-30-32-34-36-39-49-43(42-52-53(47,48)51-40-38-45(3,4)5)41-50-44(46)37-35-33-31-29-27-25-23-21-19-17-15-13-11-9-7-2/h15,17,21,23,36,39,43H,6-14,16,18-20,22,24-35,37-38,40-42H2,1-5H3/p+1/b17-15-,23-21-,39-36-. The number of phosphoric ester groups is 1. The first kappa shape index (κ1) is 51.6. The minimum atomic E-state index is -4.27. The summed E-state index contributed by atoms with van der Waals surface area (Å²) in [7, 11) is 1.67. The summed E-state index contributed by atoms with van der Waals surface area (Å²) in [6, 6.07) is 0. The van der Waals surface area contributed by atoms with E-state index >= 15 is 0 Å². The van der Waals surface area contributed by atoms with Crippen molar-refractivity contribution in [3.8, 4) is 0 Å². The highest BCUT2D eigenvalue weighted by molar-refractivity contribution is 7.47. The van der Waals surface area contributed by atoms with Crippen LogP contribution in [-0.2, 0) is 27.9 Å². The summed E-state index contributed by atoms with van der Waals surface area (Å²) in [6.45, 7) is 4.87. The lowest BCUT2D eigenvalue weighted by Gasteiger charge is -2.24. The second-order valence-electron chi connectivity index (χ2n) is 15.8. The lowest BCUT2D eigenvalue weighted by Crippen LogP contribution is -2.37. The molecule has 0 rings (SSSR count). The molecule has 0 aromatic rings. The molecule has 0 aromatic heterocycles. The maximum atomic E-state index is 12.5. The van der Waals surface area contributed by atoms with Crippen molar-refractivity contribution in [1.82, 2.24) is 0 Å². The van der Waals surface area contributed by atoms with Gasteiger partial charge in [-0.2, -0.15) is 0 Å². The topological polar surface area (TPSA) is 91.3 Å². The van der Waals surface area contributed by atoms with Crippen LogP contribution in [0.15, 0.2) is 36.6 Å². The monoisotopic (exact) mass is 771 g/mol. The largest absolute Gasteiger partial charge is 0.492 e. The third-order valence-corrected chi connectivity index (χ3v) is 10.3. The predicted molar refractivity (Wildman–Crippen MR) is 224 cm³/mol. The first-order chi connectivity index (χ1) is 25.6. The number of allylic oxidation sites excluding steroid dienone is 5. The van der Waals surface area contributed by atoms with Crippen molar-refractivity contribution in [2.24, 2.45) is 0 Å². The number of phosphoric acid groups is 1. The Balaban J connectivity index is 4.31. The second kappa shape index (κ2) is 37.5. The highest BCUT2D eigenvalue weighted by Gasteiger charge is 2.25. The maximum Gasteiger partial charge on any atom is 0.472 e. The average molecular weight is 771 g/mol. The van der Waals surface area contributed by atoms with Gasteiger partial charge in [-0.1, -0.05) is 154 Å². The molecule has 0 heterocycles. The number of carbonyl (C=O) groups is 1. The molecule has 0 saturated heterocycles. The molecule has 0 aliphatic carbocycles. The van der Waals surface area contributed by atoms with Crippen LogP contribution >= 0.6 is 7.82 Å². The van der Waals surface area contributed by atoms with E-state index in [1.54, 1.807) is 6.26 Å². The molecule has 0 aliphatic rings. The molecule has 312 valence electrons. The molecule has 2 unspecified atom stereocenters. The number of likely N-dealkylation sites (N-methyl/N-ethyl adjacent to an activating group) is 1. The van der Waals surface area contributed by atoms with Crippen LogP contribution in [0.25, 0.3) is 0 Å². The Morgan fingerprint density at radius 1 is 0.604 bits per heavy atom. The zero-order valence-corrected chi connectivity index (χ0v) is 36.1. The van der Waals surface area contributed by atoms with E-state index in [4.69, 9.17) is 18.5 Å². The van der Waals surface area contributed by atoms with Gasteiger partial charge in [-0.15, -0.1) is 0 Å². The highest BCUT2D eigenvalue weighted by Crippen LogP contribution is 2.43. The van der Waals surface area contributed by atoms with Crippen LogP contribution in [0.2, 0.25) is 0 Å². The summed E-state index contributed by atoms with van der Waals surface area (Å²) in [5.41, 5.74) is 0. The van der Waals surface area contributed by atoms with Gasteiger partial charge in [-0.25, -0.2) is 4.57 Å². The van der Waals surface area contributed by atoms with Gasteiger partial charge < -0.3 is 18.9 Å². The van der Waals surface area contributed by atoms with Gasteiger partial charge in [-0.3, -0.25) is 13.8 Å². The molecule has 2 atom stereocenters. The Labute approximate surface area is 327 Å². The average Bonchev–Trinajstić information content (AvgIpc) is 3.11. The van der Waals surface area contributed by atoms with Gasteiger partial charge in [0.05, 0.1) is 34.0 Å². The number of carbonyl (C=O) groups excluding carboxylic acids is 1. The van der Waals surface area contributed by atoms with E-state index < -0.39 is 13.9 Å². The zero-order valence-electron chi connectivity index (χ0n) is 35.3. The predicted octanol–water partition coefficient (Wildman–Crippen LogP) is 13.0. The number of quaternary nitrogens is 1. The fourth-order valence-electron chi connectivity index (χ4n) is 5.80. The summed E-state index contributed by atoms with van der Waals surface area (Å²) in [5, 5.41) is 0. The molecule has 9 heteroatoms. The molecule has 0 saturated carbocycles. The van der Waals surface area contributed by atoms with Crippen molar-refractivity contribution in [1.29, 1.82) is 0 Å². The number of hydrogen-bond acceptors (Lipinski definition) is 6. The molecule has 0 aliphatic heterocycles. The van der Waals surface area contributed by atoms with Gasteiger partial charge in [0.2, 0.25) is 0 Å². The molecular weight excluding hydrogens is 685 g/mol. The van der Waals surface area contributed by atoms with Crippen molar-refractivity contribution in [2.45, 2.75) is 193 Å². The van der Waals surface area contributed by atoms with E-state index in [0.717, 1.165) is 51.4 Å². The van der Waals surface area contributed by atoms with Crippen molar-refractivity contribution in [3.05, 3.63) is 36.6 Å². The molecule has 8 nitrogen and oxygen atoms in total. The first-order valence-electron chi connectivity index (χ1n) is 21.8. The van der Waals surface area contributed by atoms with Gasteiger partial charge in [-0.05, 0) is 57.4 Å². The molecule has 0 spiro atoms. The normalized spacial score (nSPS) is 14.1. The van der Waals surface area contributed by atoms with Crippen molar-refractivity contribution in [3.63, 3.8) is 0 Å². The minimum absolute atomic E-state index is 0.0544. The Kier molecular flexibility index (Phi) is 36.5. The summed E-state index contributed by atoms with van der Waals surface area (Å²) >= 11 is 0. The summed E-state index contributed by atoms with van der Waals surface area (Å²) in [6.07, 6.45) is 44.2. The summed E-state index contributed by atoms with van der Waals surface area (Å²) in [5.74, 6) is -0.290. The molecule has 0 aromatic carbocycles. The zero-order chi connectivity index (χ0) is 39.1. The van der Waals surface area contributed by atoms with E-state index in [9.17, 15) is 14.3 Å². The van der Waals surface area contributed by atoms with Crippen LogP contribution in [0.1, 0.15) is 187 Å². The number of unbranched alkanes of at least 4 members (excludes halogenated alkanes) is 22. The molecule has 53 heavy (non-hydrogen) atoms. The first-order valence-corrected chi connectivity index (χ1v) is 23.3. The lowest BCUT2D eigenvalue weighted by atomic mass is 10.0. The van der Waals surface area contributed by atoms with E-state index in [2.05, 4.69) is 38.2 Å². The maximum absolute atomic E-state index is 12.5. The number of ether oxygens (including phenoxy) is 2. The Morgan fingerprint density at radius 3 is 1.58 bits per heavy atom. The lowest BCUT2D eigenvalue weighted by molar-refractivity contribution is -0.870. The van der Waals surface area contributed by atoms with Crippen molar-refractivity contribution < 1.29 is 37.3 Å². The molecular formula is C44H85NO7P+. The Morgan fingerprint density at radius 2 is 1.06 bits per heavy atom. The van der Waals surface area contributed by atoms with E-state index in [1.165, 1.54) is 116 Å². The Bertz CT molecular complexity index is 947. The second-order valence-corrected chi connectivity index (χ2v) is 17.2. The summed E-state index contributed by atoms with van der Waals surface area (Å²) in [4.78, 5) is 22.6. The van der Waals surface area contributed by atoms with E-state index in [-0.39, 0.29) is 25.8 Å². The van der Waals surface area contributed by atoms with Crippen LogP contribution in [-0.4, -0.2) is 69.0 Å². The fraction of sp³-hybridized carbons (Fsp3) is 0.841. The van der Waals surface area contributed by atoms with Crippen LogP contribution in [0.4, 0.5) is 0 Å². The van der Waals surface area contributed by atoms with E-state index in [1.807, 2.05) is 27.2 Å². The SMILES string of the molecule is CCCCC/C=C\C/C=C\CCCCCCCC(=O)OCC(COP(=O)(O)OCC[N+](C)(C)C)O/C=C\CCCCCCCCCCCCCCCC. The Hall–Kier alpha value is -1.44. The number of nitrogens with zero attached hydrogens (tertiary/aromatic N) is 1. The van der Waals surface area contributed by atoms with Crippen LogP contribution in [0, 0.1) is 0 Å². The third-order valence-electron chi connectivity index (χ3n) is 9.29. The van der Waals surface area contributed by atoms with Crippen LogP contribution in [0.3, 0.4) is 0 Å². The number of rotatable bonds is 40. The van der Waals surface area contributed by atoms with Gasteiger partial charge in [0.25, 0.3) is 0 Å². The van der Waals surface area contributed by atoms with Crippen molar-refractivity contribution in [2.75, 3.05) is 47.5 Å². The van der Waals surface area contributed by atoms with Gasteiger partial charge in [0.1, 0.15) is 19.8 Å². The minimum Gasteiger partial charge on any atom is -0.492 e. The fourth-order valence-corrected chi connectivity index (χ4v) is 6.54. The quantitative estimate of drug-likeness (QED) is 0.0166. The van der Waals surface area contributed by atoms with Crippen LogP contribution in [0.5, 0.6) is 0 Å². The molecule has 0 fully saturated rings. The molecule has 0 radical (unpaired) electrons. The number of esters is 1. The molecule has 1 N–H and O–H groups in total. The van der Waals surface area contributed by atoms with Gasteiger partial charge in [0, 0.05) is 6.42 Å². The molecule has 0 bridgehead atoms. The van der Waals surface area contributed by atoms with Crippen molar-refractivity contribution >= 4 is 13.8 Å². The van der Waals surface area contributed by atoms with E-state index in [0.29, 0.717) is 17.4 Å².